The number of carbonyl (C=O) groups is 1. The van der Waals surface area contributed by atoms with Gasteiger partial charge in [-0.05, 0) is 45.1 Å². The predicted octanol–water partition coefficient (Wildman–Crippen LogP) is 4.16. The molecule has 0 radical (unpaired) electrons. The third kappa shape index (κ3) is 4.15. The van der Waals surface area contributed by atoms with Crippen molar-refractivity contribution in [2.75, 3.05) is 5.32 Å². The van der Waals surface area contributed by atoms with Crippen molar-refractivity contribution in [2.45, 2.75) is 62.5 Å². The quantitative estimate of drug-likeness (QED) is 0.558. The first kappa shape index (κ1) is 19.2. The molecule has 0 spiro atoms. The topological polar surface area (TPSA) is 77.6 Å². The van der Waals surface area contributed by atoms with Gasteiger partial charge < -0.3 is 9.88 Å². The van der Waals surface area contributed by atoms with Gasteiger partial charge in [0.15, 0.2) is 5.16 Å². The number of rotatable bonds is 8. The maximum Gasteiger partial charge on any atom is 0.238 e. The summed E-state index contributed by atoms with van der Waals surface area (Å²) in [6.07, 6.45) is 4.79. The monoisotopic (exact) mass is 416 g/mol. The van der Waals surface area contributed by atoms with Gasteiger partial charge in [-0.1, -0.05) is 17.8 Å². The molecule has 28 heavy (non-hydrogen) atoms. The average molecular weight is 417 g/mol. The molecule has 1 fully saturated rings. The van der Waals surface area contributed by atoms with Crippen molar-refractivity contribution in [1.29, 1.82) is 0 Å². The highest BCUT2D eigenvalue weighted by Crippen LogP contribution is 2.40. The maximum absolute atomic E-state index is 12.7. The normalized spacial score (nSPS) is 15.1. The molecule has 0 saturated heterocycles. The molecule has 0 aromatic carbocycles. The van der Waals surface area contributed by atoms with Gasteiger partial charge in [-0.3, -0.25) is 4.79 Å². The number of thioether (sulfide) groups is 1. The second-order valence-corrected chi connectivity index (χ2v) is 9.60. The Balaban J connectivity index is 1.46. The number of nitrogens with one attached hydrogen (secondary N) is 1. The van der Waals surface area contributed by atoms with Crippen LogP contribution in [-0.4, -0.2) is 35.7 Å². The van der Waals surface area contributed by atoms with Crippen LogP contribution in [0.5, 0.6) is 0 Å². The molecule has 1 saturated carbocycles. The maximum atomic E-state index is 12.7. The van der Waals surface area contributed by atoms with Crippen LogP contribution in [0.25, 0.3) is 0 Å². The Morgan fingerprint density at radius 3 is 2.82 bits per heavy atom. The molecule has 3 aromatic rings. The van der Waals surface area contributed by atoms with E-state index in [2.05, 4.69) is 42.7 Å². The van der Waals surface area contributed by atoms with E-state index in [1.807, 2.05) is 26.8 Å². The molecule has 0 unspecified atom stereocenters. The molecule has 1 N–H and O–H groups in total. The molecule has 7 nitrogen and oxygen atoms in total. The summed E-state index contributed by atoms with van der Waals surface area (Å²) in [5, 5.41) is 18.7. The Kier molecular flexibility index (Phi) is 5.54. The zero-order valence-corrected chi connectivity index (χ0v) is 17.8. The zero-order chi connectivity index (χ0) is 19.7. The van der Waals surface area contributed by atoms with Crippen LogP contribution in [0.2, 0.25) is 0 Å². The van der Waals surface area contributed by atoms with Gasteiger partial charge in [0.05, 0.1) is 11.4 Å². The number of nitrogens with zero attached hydrogens (tertiary/aromatic N) is 5. The lowest BCUT2D eigenvalue weighted by molar-refractivity contribution is -0.115. The molecular formula is C19H24N6OS2. The molecule has 1 amide bonds. The number of carbonyl (C=O) groups excluding carboxylic acids is 1. The van der Waals surface area contributed by atoms with Crippen LogP contribution in [0, 0.1) is 0 Å². The Morgan fingerprint density at radius 2 is 2.14 bits per heavy atom. The van der Waals surface area contributed by atoms with Crippen LogP contribution in [0.1, 0.15) is 56.4 Å². The fraction of sp³-hybridized carbons (Fsp3) is 0.474. The van der Waals surface area contributed by atoms with Crippen LogP contribution >= 0.6 is 23.1 Å². The van der Waals surface area contributed by atoms with Crippen molar-refractivity contribution in [3.8, 4) is 0 Å². The Hall–Kier alpha value is -2.13. The minimum absolute atomic E-state index is 0.0578. The molecular weight excluding hydrogens is 392 g/mol. The summed E-state index contributed by atoms with van der Waals surface area (Å²) in [5.41, 5.74) is 0. The Morgan fingerprint density at radius 1 is 1.32 bits per heavy atom. The Labute approximate surface area is 172 Å². The summed E-state index contributed by atoms with van der Waals surface area (Å²) >= 11 is 3.20. The molecule has 1 atom stereocenters. The highest BCUT2D eigenvalue weighted by atomic mass is 32.2. The molecule has 0 bridgehead atoms. The minimum Gasteiger partial charge on any atom is -0.310 e. The molecule has 1 aliphatic carbocycles. The Bertz CT molecular complexity index is 942. The van der Waals surface area contributed by atoms with Crippen molar-refractivity contribution in [3.63, 3.8) is 0 Å². The minimum atomic E-state index is -0.285. The first-order chi connectivity index (χ1) is 13.5. The number of thiophene rings is 1. The van der Waals surface area contributed by atoms with E-state index in [0.717, 1.165) is 36.1 Å². The lowest BCUT2D eigenvalue weighted by Gasteiger charge is -2.15. The van der Waals surface area contributed by atoms with Gasteiger partial charge in [0.25, 0.3) is 0 Å². The highest BCUT2D eigenvalue weighted by molar-refractivity contribution is 8.00. The lowest BCUT2D eigenvalue weighted by Crippen LogP contribution is -2.25. The first-order valence-electron chi connectivity index (χ1n) is 9.50. The predicted molar refractivity (Wildman–Crippen MR) is 112 cm³/mol. The smallest absolute Gasteiger partial charge is 0.238 e. The summed E-state index contributed by atoms with van der Waals surface area (Å²) in [4.78, 5) is 14.0. The lowest BCUT2D eigenvalue weighted by atomic mass is 10.3. The van der Waals surface area contributed by atoms with E-state index in [9.17, 15) is 4.79 Å². The third-order valence-corrected chi connectivity index (χ3v) is 6.55. The number of aromatic nitrogens is 5. The summed E-state index contributed by atoms with van der Waals surface area (Å²) < 4.78 is 4.04. The van der Waals surface area contributed by atoms with Crippen molar-refractivity contribution >= 4 is 34.8 Å². The molecule has 3 heterocycles. The van der Waals surface area contributed by atoms with Gasteiger partial charge in [-0.2, -0.15) is 5.10 Å². The number of hydrogen-bond acceptors (Lipinski definition) is 6. The van der Waals surface area contributed by atoms with Crippen molar-refractivity contribution in [1.82, 2.24) is 24.5 Å². The fourth-order valence-electron chi connectivity index (χ4n) is 3.04. The van der Waals surface area contributed by atoms with Gasteiger partial charge in [0.2, 0.25) is 5.91 Å². The van der Waals surface area contributed by atoms with Crippen LogP contribution in [-0.2, 0) is 11.2 Å². The molecule has 9 heteroatoms. The molecule has 3 aromatic heterocycles. The van der Waals surface area contributed by atoms with E-state index in [-0.39, 0.29) is 17.2 Å². The fourth-order valence-corrected chi connectivity index (χ4v) is 4.68. The summed E-state index contributed by atoms with van der Waals surface area (Å²) in [7, 11) is 0. The molecule has 4 rings (SSSR count). The summed E-state index contributed by atoms with van der Waals surface area (Å²) in [5.74, 6) is 1.64. The number of amides is 1. The first-order valence-corrected chi connectivity index (χ1v) is 11.3. The van der Waals surface area contributed by atoms with Gasteiger partial charge in [-0.25, -0.2) is 4.68 Å². The molecule has 148 valence electrons. The van der Waals surface area contributed by atoms with Crippen molar-refractivity contribution < 1.29 is 4.79 Å². The van der Waals surface area contributed by atoms with E-state index in [4.69, 9.17) is 0 Å². The molecule has 0 aliphatic heterocycles. The molecule has 1 aliphatic rings. The zero-order valence-electron chi connectivity index (χ0n) is 16.2. The van der Waals surface area contributed by atoms with E-state index in [1.165, 1.54) is 16.6 Å². The number of hydrogen-bond donors (Lipinski definition) is 1. The van der Waals surface area contributed by atoms with Crippen LogP contribution < -0.4 is 5.32 Å². The highest BCUT2D eigenvalue weighted by Gasteiger charge is 2.31. The van der Waals surface area contributed by atoms with Crippen LogP contribution in [0.4, 0.5) is 5.82 Å². The second kappa shape index (κ2) is 8.08. The second-order valence-electron chi connectivity index (χ2n) is 7.26. The average Bonchev–Trinajstić information content (AvgIpc) is 3.06. The summed E-state index contributed by atoms with van der Waals surface area (Å²) in [6.45, 7) is 5.98. The third-order valence-electron chi connectivity index (χ3n) is 4.62. The van der Waals surface area contributed by atoms with Crippen molar-refractivity contribution in [2.24, 2.45) is 0 Å². The van der Waals surface area contributed by atoms with Crippen LogP contribution in [0.3, 0.4) is 0 Å². The van der Waals surface area contributed by atoms with E-state index in [0.29, 0.717) is 6.04 Å². The van der Waals surface area contributed by atoms with E-state index >= 15 is 0 Å². The van der Waals surface area contributed by atoms with E-state index in [1.54, 1.807) is 22.2 Å². The van der Waals surface area contributed by atoms with Gasteiger partial charge >= 0.3 is 0 Å². The summed E-state index contributed by atoms with van der Waals surface area (Å²) in [6, 6.07) is 6.65. The van der Waals surface area contributed by atoms with Crippen molar-refractivity contribution in [3.05, 3.63) is 40.5 Å². The van der Waals surface area contributed by atoms with Crippen LogP contribution in [0.15, 0.2) is 34.9 Å². The van der Waals surface area contributed by atoms with Gasteiger partial charge in [0.1, 0.15) is 11.6 Å². The van der Waals surface area contributed by atoms with Gasteiger partial charge in [0, 0.05) is 29.4 Å². The standard InChI is InChI=1S/C19H24N6OS2/c1-12(2)25-16(8-9-20-25)21-18(26)13(3)28-19-23-22-17(24(19)14-6-7-14)11-15-5-4-10-27-15/h4-5,8-10,12-14H,6-7,11H2,1-3H3,(H,21,26)/t13-/m0/s1. The number of anilines is 1. The van der Waals surface area contributed by atoms with E-state index < -0.39 is 0 Å². The largest absolute Gasteiger partial charge is 0.310 e. The SMILES string of the molecule is CC(C)n1nccc1NC(=O)[C@H](C)Sc1nnc(Cc2cccs2)n1C1CC1. The van der Waals surface area contributed by atoms with Gasteiger partial charge in [-0.15, -0.1) is 21.5 Å².